The monoisotopic (exact) mass is 556 g/mol. The molecule has 1 aliphatic carbocycles. The highest BCUT2D eigenvalue weighted by atomic mass is 19.4. The van der Waals surface area contributed by atoms with Gasteiger partial charge in [-0.05, 0) is 90.9 Å². The van der Waals surface area contributed by atoms with Crippen molar-refractivity contribution in [1.82, 2.24) is 9.97 Å². The maximum atomic E-state index is 13.0. The minimum atomic E-state index is -4.76. The van der Waals surface area contributed by atoms with E-state index in [0.29, 0.717) is 39.3 Å². The van der Waals surface area contributed by atoms with Gasteiger partial charge in [0.1, 0.15) is 11.6 Å². The maximum Gasteiger partial charge on any atom is 0.573 e. The van der Waals surface area contributed by atoms with Gasteiger partial charge < -0.3 is 20.4 Å². The lowest BCUT2D eigenvalue weighted by atomic mass is 9.73. The summed E-state index contributed by atoms with van der Waals surface area (Å²) in [4.78, 5) is 19.8. The molecule has 1 atom stereocenters. The zero-order valence-corrected chi connectivity index (χ0v) is 22.5. The molecule has 0 unspecified atom stereocenters. The van der Waals surface area contributed by atoms with Gasteiger partial charge in [0.25, 0.3) is 5.91 Å². The van der Waals surface area contributed by atoms with Gasteiger partial charge in [-0.25, -0.2) is 9.37 Å². The fourth-order valence-electron chi connectivity index (χ4n) is 4.90. The molecule has 1 fully saturated rings. The standard InChI is InChI=1S/C21H14F4N4O2.C9H18/c22-13-2-4-14(5-3-13)26-19(30)12-1-10-17-18(11-12)29-20(28-17)27-15-6-8-16(9-7-15)31-21(23,24)25;1-8-5-4-6-9(2,3)7-8/h1-11H,(H,26,30)(H2,27,28,29);8H,4-7H2,1-3H3/t;8-/m.1/s1. The van der Waals surface area contributed by atoms with Crippen LogP contribution in [0, 0.1) is 17.2 Å². The molecule has 0 aliphatic heterocycles. The number of carbonyl (C=O) groups excluding carboxylic acids is 1. The van der Waals surface area contributed by atoms with Gasteiger partial charge in [-0.15, -0.1) is 13.2 Å². The Balaban J connectivity index is 0.000000350. The van der Waals surface area contributed by atoms with Crippen molar-refractivity contribution in [3.05, 3.63) is 78.1 Å². The molecule has 40 heavy (non-hydrogen) atoms. The molecule has 1 saturated carbocycles. The SMILES string of the molecule is C[C@@H]1CCCC(C)(C)C1.O=C(Nc1ccc(F)cc1)c1ccc2nc(Nc3ccc(OC(F)(F)F)cc3)[nH]c2c1. The number of alkyl halides is 3. The molecule has 1 amide bonds. The average Bonchev–Trinajstić information content (AvgIpc) is 3.27. The van der Waals surface area contributed by atoms with Crippen molar-refractivity contribution in [3.8, 4) is 5.75 Å². The summed E-state index contributed by atoms with van der Waals surface area (Å²) in [5.41, 5.74) is 3.11. The number of halogens is 4. The number of ether oxygens (including phenoxy) is 1. The number of nitrogens with one attached hydrogen (secondary N) is 3. The van der Waals surface area contributed by atoms with Crippen LogP contribution in [0.15, 0.2) is 66.7 Å². The van der Waals surface area contributed by atoms with E-state index in [1.165, 1.54) is 74.2 Å². The summed E-state index contributed by atoms with van der Waals surface area (Å²) in [7, 11) is 0. The third kappa shape index (κ3) is 8.46. The Kier molecular flexibility index (Phi) is 8.66. The van der Waals surface area contributed by atoms with E-state index in [4.69, 9.17) is 0 Å². The van der Waals surface area contributed by atoms with Crippen molar-refractivity contribution in [2.75, 3.05) is 10.6 Å². The predicted molar refractivity (Wildman–Crippen MR) is 148 cm³/mol. The lowest BCUT2D eigenvalue weighted by molar-refractivity contribution is -0.274. The third-order valence-corrected chi connectivity index (χ3v) is 6.65. The van der Waals surface area contributed by atoms with E-state index < -0.39 is 12.2 Å². The zero-order valence-electron chi connectivity index (χ0n) is 22.5. The number of H-pyrrole nitrogens is 1. The first-order valence-electron chi connectivity index (χ1n) is 13.0. The zero-order chi connectivity index (χ0) is 28.9. The number of rotatable bonds is 5. The molecule has 6 nitrogen and oxygen atoms in total. The molecule has 3 N–H and O–H groups in total. The van der Waals surface area contributed by atoms with Gasteiger partial charge in [0, 0.05) is 16.9 Å². The highest BCUT2D eigenvalue weighted by Crippen LogP contribution is 2.38. The molecule has 1 aliphatic rings. The van der Waals surface area contributed by atoms with E-state index in [2.05, 4.69) is 46.1 Å². The van der Waals surface area contributed by atoms with Crippen LogP contribution >= 0.6 is 0 Å². The summed E-state index contributed by atoms with van der Waals surface area (Å²) >= 11 is 0. The Morgan fingerprint density at radius 1 is 1.02 bits per heavy atom. The van der Waals surface area contributed by atoms with Gasteiger partial charge >= 0.3 is 6.36 Å². The highest BCUT2D eigenvalue weighted by molar-refractivity contribution is 6.06. The van der Waals surface area contributed by atoms with Gasteiger partial charge in [-0.2, -0.15) is 0 Å². The largest absolute Gasteiger partial charge is 0.573 e. The number of fused-ring (bicyclic) bond motifs is 1. The number of anilines is 3. The molecular formula is C30H32F4N4O2. The van der Waals surface area contributed by atoms with Crippen molar-refractivity contribution in [1.29, 1.82) is 0 Å². The van der Waals surface area contributed by atoms with Crippen LogP contribution in [0.2, 0.25) is 0 Å². The van der Waals surface area contributed by atoms with Crippen LogP contribution in [-0.2, 0) is 0 Å². The van der Waals surface area contributed by atoms with Crippen molar-refractivity contribution in [2.45, 2.75) is 52.8 Å². The van der Waals surface area contributed by atoms with Crippen LogP contribution in [0.3, 0.4) is 0 Å². The number of aromatic amines is 1. The van der Waals surface area contributed by atoms with Crippen LogP contribution in [0.5, 0.6) is 5.75 Å². The second kappa shape index (κ2) is 12.0. The number of aromatic nitrogens is 2. The Morgan fingerprint density at radius 3 is 2.30 bits per heavy atom. The van der Waals surface area contributed by atoms with Gasteiger partial charge in [0.15, 0.2) is 0 Å². The van der Waals surface area contributed by atoms with Crippen molar-refractivity contribution < 1.29 is 27.1 Å². The molecule has 212 valence electrons. The van der Waals surface area contributed by atoms with Gasteiger partial charge in [0.2, 0.25) is 5.95 Å². The van der Waals surface area contributed by atoms with E-state index in [-0.39, 0.29) is 11.7 Å². The molecule has 4 aromatic rings. The maximum absolute atomic E-state index is 13.0. The number of carbonyl (C=O) groups is 1. The molecule has 10 heteroatoms. The van der Waals surface area contributed by atoms with E-state index in [0.717, 1.165) is 5.92 Å². The lowest BCUT2D eigenvalue weighted by Crippen LogP contribution is -2.20. The fraction of sp³-hybridized carbons (Fsp3) is 0.333. The van der Waals surface area contributed by atoms with E-state index in [9.17, 15) is 22.4 Å². The minimum Gasteiger partial charge on any atom is -0.406 e. The van der Waals surface area contributed by atoms with Crippen molar-refractivity contribution in [3.63, 3.8) is 0 Å². The second-order valence-electron chi connectivity index (χ2n) is 10.8. The van der Waals surface area contributed by atoms with Gasteiger partial charge in [0.05, 0.1) is 11.0 Å². The van der Waals surface area contributed by atoms with E-state index in [1.807, 2.05) is 0 Å². The van der Waals surface area contributed by atoms with Crippen LogP contribution in [0.25, 0.3) is 11.0 Å². The Morgan fingerprint density at radius 2 is 1.70 bits per heavy atom. The number of hydrogen-bond donors (Lipinski definition) is 3. The first-order chi connectivity index (χ1) is 18.8. The summed E-state index contributed by atoms with van der Waals surface area (Å²) in [5, 5.41) is 5.61. The van der Waals surface area contributed by atoms with Crippen LogP contribution in [-0.4, -0.2) is 22.2 Å². The first kappa shape index (κ1) is 28.9. The Labute approximate surface area is 230 Å². The van der Waals surface area contributed by atoms with Gasteiger partial charge in [-0.1, -0.05) is 33.6 Å². The summed E-state index contributed by atoms with van der Waals surface area (Å²) < 4.78 is 53.5. The number of hydrogen-bond acceptors (Lipinski definition) is 4. The lowest BCUT2D eigenvalue weighted by Gasteiger charge is -2.33. The van der Waals surface area contributed by atoms with Crippen LogP contribution in [0.1, 0.15) is 56.8 Å². The third-order valence-electron chi connectivity index (χ3n) is 6.65. The molecule has 3 aromatic carbocycles. The quantitative estimate of drug-likeness (QED) is 0.215. The molecular weight excluding hydrogens is 524 g/mol. The van der Waals surface area contributed by atoms with Crippen LogP contribution < -0.4 is 15.4 Å². The Bertz CT molecular complexity index is 1430. The molecule has 0 saturated heterocycles. The van der Waals surface area contributed by atoms with Crippen LogP contribution in [0.4, 0.5) is 34.9 Å². The van der Waals surface area contributed by atoms with E-state index >= 15 is 0 Å². The number of benzene rings is 3. The van der Waals surface area contributed by atoms with E-state index in [1.54, 1.807) is 18.2 Å². The summed E-state index contributed by atoms with van der Waals surface area (Å²) in [6.07, 6.45) is 1.04. The number of nitrogens with zero attached hydrogens (tertiary/aromatic N) is 1. The number of amides is 1. The molecule has 5 rings (SSSR count). The predicted octanol–water partition coefficient (Wildman–Crippen LogP) is 8.82. The molecule has 1 aromatic heterocycles. The average molecular weight is 557 g/mol. The molecule has 0 spiro atoms. The second-order valence-corrected chi connectivity index (χ2v) is 10.8. The fourth-order valence-corrected chi connectivity index (χ4v) is 4.90. The molecule has 0 bridgehead atoms. The highest BCUT2D eigenvalue weighted by Gasteiger charge is 2.31. The topological polar surface area (TPSA) is 79.0 Å². The summed E-state index contributed by atoms with van der Waals surface area (Å²) in [6.45, 7) is 7.16. The van der Waals surface area contributed by atoms with Crippen molar-refractivity contribution in [2.24, 2.45) is 11.3 Å². The summed E-state index contributed by atoms with van der Waals surface area (Å²) in [5.74, 6) is 0.209. The first-order valence-corrected chi connectivity index (χ1v) is 13.0. The van der Waals surface area contributed by atoms with Crippen molar-refractivity contribution >= 4 is 34.3 Å². The van der Waals surface area contributed by atoms with Gasteiger partial charge in [-0.3, -0.25) is 4.79 Å². The smallest absolute Gasteiger partial charge is 0.406 e. The number of imidazole rings is 1. The summed E-state index contributed by atoms with van der Waals surface area (Å²) in [6, 6.07) is 15.4. The molecule has 1 heterocycles. The molecule has 0 radical (unpaired) electrons. The Hall–Kier alpha value is -4.08. The normalized spacial score (nSPS) is 16.5. The minimum absolute atomic E-state index is 0.334.